The first-order valence-corrected chi connectivity index (χ1v) is 9.11. The molecule has 0 spiro atoms. The first-order chi connectivity index (χ1) is 12.9. The molecule has 0 aliphatic carbocycles. The smallest absolute Gasteiger partial charge is 0.317 e. The maximum atomic E-state index is 12.9. The molecule has 0 bridgehead atoms. The van der Waals surface area contributed by atoms with Gasteiger partial charge < -0.3 is 19.9 Å². The summed E-state index contributed by atoms with van der Waals surface area (Å²) in [4.78, 5) is 16.2. The number of urea groups is 1. The first-order valence-electron chi connectivity index (χ1n) is 9.11. The summed E-state index contributed by atoms with van der Waals surface area (Å²) in [5.41, 5.74) is 2.42. The molecule has 0 radical (unpaired) electrons. The molecule has 3 rings (SSSR count). The summed E-state index contributed by atoms with van der Waals surface area (Å²) >= 11 is 0. The van der Waals surface area contributed by atoms with E-state index in [4.69, 9.17) is 4.74 Å². The van der Waals surface area contributed by atoms with Crippen LogP contribution in [0.3, 0.4) is 0 Å². The summed E-state index contributed by atoms with van der Waals surface area (Å²) in [5, 5.41) is 3.02. The Balaban J connectivity index is 1.48. The predicted molar refractivity (Wildman–Crippen MR) is 103 cm³/mol. The Kier molecular flexibility index (Phi) is 5.96. The topological polar surface area (TPSA) is 44.8 Å². The molecular weight excluding hydrogens is 345 g/mol. The number of ether oxygens (including phenoxy) is 1. The summed E-state index contributed by atoms with van der Waals surface area (Å²) in [6.07, 6.45) is -0.0535. The fraction of sp³-hybridized carbons (Fsp3) is 0.381. The fourth-order valence-corrected chi connectivity index (χ4v) is 3.21. The second kappa shape index (κ2) is 8.39. The summed E-state index contributed by atoms with van der Waals surface area (Å²) < 4.78 is 18.7. The van der Waals surface area contributed by atoms with Crippen LogP contribution in [-0.4, -0.2) is 55.7 Å². The van der Waals surface area contributed by atoms with Crippen LogP contribution in [0.2, 0.25) is 0 Å². The number of benzene rings is 2. The second-order valence-electron chi connectivity index (χ2n) is 7.12. The lowest BCUT2D eigenvalue weighted by Gasteiger charge is -2.39. The fourth-order valence-electron chi connectivity index (χ4n) is 3.21. The highest BCUT2D eigenvalue weighted by Crippen LogP contribution is 2.22. The van der Waals surface area contributed by atoms with Gasteiger partial charge in [0, 0.05) is 6.54 Å². The molecule has 1 saturated heterocycles. The molecule has 5 nitrogen and oxygen atoms in total. The Hall–Kier alpha value is -2.60. The van der Waals surface area contributed by atoms with Gasteiger partial charge in [-0.15, -0.1) is 0 Å². The molecule has 1 heterocycles. The third-order valence-corrected chi connectivity index (χ3v) is 4.87. The summed E-state index contributed by atoms with van der Waals surface area (Å²) in [5.74, 6) is 0.328. The van der Waals surface area contributed by atoms with Crippen molar-refractivity contribution in [3.8, 4) is 5.75 Å². The van der Waals surface area contributed by atoms with E-state index in [-0.39, 0.29) is 24.0 Å². The summed E-state index contributed by atoms with van der Waals surface area (Å²) in [7, 11) is 4.03. The zero-order valence-corrected chi connectivity index (χ0v) is 16.0. The van der Waals surface area contributed by atoms with Crippen LogP contribution in [0.4, 0.5) is 9.18 Å². The van der Waals surface area contributed by atoms with Gasteiger partial charge in [-0.25, -0.2) is 9.18 Å². The average molecular weight is 371 g/mol. The van der Waals surface area contributed by atoms with Crippen LogP contribution >= 0.6 is 0 Å². The zero-order chi connectivity index (χ0) is 19.4. The molecule has 6 heteroatoms. The maximum absolute atomic E-state index is 12.9. The van der Waals surface area contributed by atoms with E-state index in [9.17, 15) is 9.18 Å². The van der Waals surface area contributed by atoms with Gasteiger partial charge in [0.25, 0.3) is 0 Å². The van der Waals surface area contributed by atoms with Crippen molar-refractivity contribution in [3.63, 3.8) is 0 Å². The Bertz CT molecular complexity index is 773. The molecule has 27 heavy (non-hydrogen) atoms. The number of carbonyl (C=O) groups is 1. The minimum Gasteiger partial charge on any atom is -0.487 e. The van der Waals surface area contributed by atoms with Gasteiger partial charge in [-0.1, -0.05) is 24.3 Å². The van der Waals surface area contributed by atoms with Gasteiger partial charge in [-0.3, -0.25) is 0 Å². The highest BCUT2D eigenvalue weighted by molar-refractivity contribution is 5.75. The molecule has 1 aliphatic rings. The Morgan fingerprint density at radius 3 is 2.52 bits per heavy atom. The highest BCUT2D eigenvalue weighted by atomic mass is 19.1. The summed E-state index contributed by atoms with van der Waals surface area (Å²) in [6, 6.07) is 14.2. The number of hydrogen-bond acceptors (Lipinski definition) is 3. The average Bonchev–Trinajstić information content (AvgIpc) is 2.60. The van der Waals surface area contributed by atoms with Crippen molar-refractivity contribution in [3.05, 3.63) is 65.5 Å². The maximum Gasteiger partial charge on any atom is 0.317 e. The lowest BCUT2D eigenvalue weighted by atomic mass is 10.0. The van der Waals surface area contributed by atoms with Gasteiger partial charge in [0.2, 0.25) is 0 Å². The van der Waals surface area contributed by atoms with Gasteiger partial charge in [0.1, 0.15) is 17.7 Å². The number of nitrogens with one attached hydrogen (secondary N) is 1. The normalized spacial score (nSPS) is 15.4. The van der Waals surface area contributed by atoms with Gasteiger partial charge in [-0.05, 0) is 56.4 Å². The number of aryl methyl sites for hydroxylation is 1. The number of rotatable bonds is 6. The van der Waals surface area contributed by atoms with E-state index in [2.05, 4.69) is 29.3 Å². The molecule has 0 aromatic heterocycles. The third kappa shape index (κ3) is 4.77. The summed E-state index contributed by atoms with van der Waals surface area (Å²) in [6.45, 7) is 3.68. The lowest BCUT2D eigenvalue weighted by molar-refractivity contribution is 0.0439. The molecule has 1 atom stereocenters. The molecule has 144 valence electrons. The molecule has 2 amide bonds. The highest BCUT2D eigenvalue weighted by Gasteiger charge is 2.32. The van der Waals surface area contributed by atoms with Crippen LogP contribution in [0.25, 0.3) is 0 Å². The number of likely N-dealkylation sites (N-methyl/N-ethyl adjacent to an activating group) is 1. The van der Waals surface area contributed by atoms with Crippen molar-refractivity contribution in [2.75, 3.05) is 33.7 Å². The number of amides is 2. The van der Waals surface area contributed by atoms with Crippen molar-refractivity contribution >= 4 is 6.03 Å². The largest absolute Gasteiger partial charge is 0.487 e. The van der Waals surface area contributed by atoms with E-state index in [0.29, 0.717) is 25.4 Å². The zero-order valence-electron chi connectivity index (χ0n) is 16.0. The van der Waals surface area contributed by atoms with Gasteiger partial charge >= 0.3 is 6.03 Å². The van der Waals surface area contributed by atoms with Crippen LogP contribution < -0.4 is 10.1 Å². The SMILES string of the molecule is Cc1ccccc1[C@@H](CNC(=O)N1CC(Oc2ccc(F)cc2)C1)N(C)C. The Morgan fingerprint density at radius 2 is 1.89 bits per heavy atom. The first kappa shape index (κ1) is 19.2. The Morgan fingerprint density at radius 1 is 1.22 bits per heavy atom. The van der Waals surface area contributed by atoms with Crippen LogP contribution in [0.1, 0.15) is 17.2 Å². The third-order valence-electron chi connectivity index (χ3n) is 4.87. The standard InChI is InChI=1S/C21H26FN3O2/c1-15-6-4-5-7-19(15)20(24(2)3)12-23-21(26)25-13-18(14-25)27-17-10-8-16(22)9-11-17/h4-11,18,20H,12-14H2,1-3H3,(H,23,26)/t20-/m1/s1. The van der Waals surface area contributed by atoms with E-state index in [1.54, 1.807) is 17.0 Å². The quantitative estimate of drug-likeness (QED) is 0.848. The Labute approximate surface area is 159 Å². The minimum atomic E-state index is -0.291. The minimum absolute atomic E-state index is 0.0535. The van der Waals surface area contributed by atoms with Crippen LogP contribution in [0, 0.1) is 12.7 Å². The van der Waals surface area contributed by atoms with Gasteiger partial charge in [-0.2, -0.15) is 0 Å². The monoisotopic (exact) mass is 371 g/mol. The van der Waals surface area contributed by atoms with E-state index in [0.717, 1.165) is 0 Å². The van der Waals surface area contributed by atoms with E-state index >= 15 is 0 Å². The molecule has 0 unspecified atom stereocenters. The van der Waals surface area contributed by atoms with Crippen LogP contribution in [-0.2, 0) is 0 Å². The molecule has 0 saturated carbocycles. The van der Waals surface area contributed by atoms with E-state index < -0.39 is 0 Å². The van der Waals surface area contributed by atoms with Crippen molar-refractivity contribution < 1.29 is 13.9 Å². The molecule has 2 aromatic carbocycles. The van der Waals surface area contributed by atoms with Crippen molar-refractivity contribution in [1.82, 2.24) is 15.1 Å². The number of likely N-dealkylation sites (tertiary alicyclic amines) is 1. The van der Waals surface area contributed by atoms with Crippen molar-refractivity contribution in [2.45, 2.75) is 19.1 Å². The molecule has 2 aromatic rings. The lowest BCUT2D eigenvalue weighted by Crippen LogP contribution is -2.59. The number of hydrogen-bond donors (Lipinski definition) is 1. The van der Waals surface area contributed by atoms with Gasteiger partial charge in [0.05, 0.1) is 19.1 Å². The van der Waals surface area contributed by atoms with Crippen LogP contribution in [0.5, 0.6) is 5.75 Å². The van der Waals surface area contributed by atoms with Crippen LogP contribution in [0.15, 0.2) is 48.5 Å². The van der Waals surface area contributed by atoms with Gasteiger partial charge in [0.15, 0.2) is 0 Å². The number of carbonyl (C=O) groups excluding carboxylic acids is 1. The van der Waals surface area contributed by atoms with Crippen molar-refractivity contribution in [1.29, 1.82) is 0 Å². The van der Waals surface area contributed by atoms with Crippen molar-refractivity contribution in [2.24, 2.45) is 0 Å². The number of halogens is 1. The molecule has 1 N–H and O–H groups in total. The predicted octanol–water partition coefficient (Wildman–Crippen LogP) is 3.21. The van der Waals surface area contributed by atoms with E-state index in [1.807, 2.05) is 26.2 Å². The molecule has 1 aliphatic heterocycles. The number of nitrogens with zero attached hydrogens (tertiary/aromatic N) is 2. The second-order valence-corrected chi connectivity index (χ2v) is 7.12. The molecular formula is C21H26FN3O2. The van der Waals surface area contributed by atoms with E-state index in [1.165, 1.54) is 23.3 Å². The molecule has 1 fully saturated rings.